The summed E-state index contributed by atoms with van der Waals surface area (Å²) < 4.78 is 5.63. The van der Waals surface area contributed by atoms with Crippen LogP contribution in [0.5, 0.6) is 0 Å². The molecule has 0 amide bonds. The van der Waals surface area contributed by atoms with Crippen molar-refractivity contribution in [1.82, 2.24) is 0 Å². The van der Waals surface area contributed by atoms with Gasteiger partial charge in [-0.05, 0) is 13.0 Å². The van der Waals surface area contributed by atoms with Crippen LogP contribution in [0.2, 0.25) is 0 Å². The molecule has 0 fully saturated rings. The number of hydrogen-bond acceptors (Lipinski definition) is 2. The van der Waals surface area contributed by atoms with Crippen molar-refractivity contribution in [3.63, 3.8) is 0 Å². The summed E-state index contributed by atoms with van der Waals surface area (Å²) in [7, 11) is 0. The number of aryl methyl sites for hydroxylation is 1. The molecule has 0 atom stereocenters. The highest BCUT2D eigenvalue weighted by Crippen LogP contribution is 2.25. The highest BCUT2D eigenvalue weighted by atomic mass is 16.3. The molecule has 2 rings (SSSR count). The number of rotatable bonds is 2. The van der Waals surface area contributed by atoms with Crippen LogP contribution in [0.25, 0.3) is 11.0 Å². The van der Waals surface area contributed by atoms with Gasteiger partial charge in [-0.2, -0.15) is 0 Å². The molecule has 0 saturated heterocycles. The van der Waals surface area contributed by atoms with Crippen LogP contribution in [0, 0.1) is 6.92 Å². The molecular formula is C11H13N3O. The van der Waals surface area contributed by atoms with Crippen molar-refractivity contribution in [1.29, 1.82) is 0 Å². The number of benzene rings is 1. The van der Waals surface area contributed by atoms with Gasteiger partial charge in [-0.15, -0.1) is 0 Å². The third-order valence-corrected chi connectivity index (χ3v) is 2.35. The van der Waals surface area contributed by atoms with E-state index < -0.39 is 0 Å². The highest BCUT2D eigenvalue weighted by Gasteiger charge is 2.08. The minimum atomic E-state index is 0.0786. The van der Waals surface area contributed by atoms with E-state index in [-0.39, 0.29) is 5.96 Å². The van der Waals surface area contributed by atoms with Crippen LogP contribution in [0.1, 0.15) is 11.3 Å². The van der Waals surface area contributed by atoms with Gasteiger partial charge in [-0.1, -0.05) is 18.2 Å². The van der Waals surface area contributed by atoms with Gasteiger partial charge >= 0.3 is 0 Å². The summed E-state index contributed by atoms with van der Waals surface area (Å²) in [5.74, 6) is 0.888. The molecule has 4 N–H and O–H groups in total. The van der Waals surface area contributed by atoms with Gasteiger partial charge in [0.1, 0.15) is 17.9 Å². The van der Waals surface area contributed by atoms with Crippen LogP contribution in [-0.2, 0) is 6.54 Å². The Kier molecular flexibility index (Phi) is 2.33. The van der Waals surface area contributed by atoms with E-state index in [0.717, 1.165) is 22.3 Å². The Bertz CT molecular complexity index is 510. The summed E-state index contributed by atoms with van der Waals surface area (Å²) in [6, 6.07) is 7.87. The number of furan rings is 1. The molecule has 0 saturated carbocycles. The van der Waals surface area contributed by atoms with Gasteiger partial charge in [0.2, 0.25) is 0 Å². The Hall–Kier alpha value is -1.97. The summed E-state index contributed by atoms with van der Waals surface area (Å²) in [6.07, 6.45) is 0. The van der Waals surface area contributed by atoms with Crippen molar-refractivity contribution in [3.05, 3.63) is 35.6 Å². The average Bonchev–Trinajstić information content (AvgIpc) is 2.54. The fraction of sp³-hybridized carbons (Fsp3) is 0.182. The van der Waals surface area contributed by atoms with Gasteiger partial charge in [0.15, 0.2) is 5.96 Å². The van der Waals surface area contributed by atoms with Crippen LogP contribution in [-0.4, -0.2) is 5.96 Å². The zero-order valence-electron chi connectivity index (χ0n) is 8.53. The Morgan fingerprint density at radius 1 is 1.33 bits per heavy atom. The molecule has 0 radical (unpaired) electrons. The number of fused-ring (bicyclic) bond motifs is 1. The molecule has 1 heterocycles. The quantitative estimate of drug-likeness (QED) is 0.573. The van der Waals surface area contributed by atoms with Gasteiger partial charge in [-0.3, -0.25) is 0 Å². The SMILES string of the molecule is Cc1c(CN=C(N)N)oc2ccccc12. The van der Waals surface area contributed by atoms with Gasteiger partial charge in [0.05, 0.1) is 0 Å². The third kappa shape index (κ3) is 1.79. The first-order valence-corrected chi connectivity index (χ1v) is 4.71. The molecule has 0 bridgehead atoms. The second kappa shape index (κ2) is 3.65. The minimum absolute atomic E-state index is 0.0786. The maximum absolute atomic E-state index is 5.63. The predicted molar refractivity (Wildman–Crippen MR) is 60.5 cm³/mol. The van der Waals surface area contributed by atoms with E-state index in [4.69, 9.17) is 15.9 Å². The summed E-state index contributed by atoms with van der Waals surface area (Å²) in [6.45, 7) is 2.40. The lowest BCUT2D eigenvalue weighted by molar-refractivity contribution is 0.549. The maximum atomic E-state index is 5.63. The zero-order chi connectivity index (χ0) is 10.8. The lowest BCUT2D eigenvalue weighted by Gasteiger charge is -1.93. The lowest BCUT2D eigenvalue weighted by atomic mass is 10.1. The molecule has 0 unspecified atom stereocenters. The topological polar surface area (TPSA) is 77.5 Å². The van der Waals surface area contributed by atoms with Crippen LogP contribution < -0.4 is 11.5 Å². The van der Waals surface area contributed by atoms with E-state index in [1.54, 1.807) is 0 Å². The average molecular weight is 203 g/mol. The Labute approximate surface area is 87.6 Å². The summed E-state index contributed by atoms with van der Waals surface area (Å²) >= 11 is 0. The predicted octanol–water partition coefficient (Wildman–Crippen LogP) is 1.51. The summed E-state index contributed by atoms with van der Waals surface area (Å²) in [4.78, 5) is 3.93. The maximum Gasteiger partial charge on any atom is 0.186 e. The molecule has 0 aliphatic carbocycles. The highest BCUT2D eigenvalue weighted by molar-refractivity contribution is 5.82. The van der Waals surface area contributed by atoms with E-state index >= 15 is 0 Å². The van der Waals surface area contributed by atoms with Crippen LogP contribution in [0.15, 0.2) is 33.7 Å². The molecule has 0 spiro atoms. The second-order valence-electron chi connectivity index (χ2n) is 3.39. The molecule has 4 heteroatoms. The first-order chi connectivity index (χ1) is 7.18. The number of para-hydroxylation sites is 1. The first kappa shape index (κ1) is 9.58. The number of nitrogens with zero attached hydrogens (tertiary/aromatic N) is 1. The molecule has 1 aromatic carbocycles. The van der Waals surface area contributed by atoms with Crippen LogP contribution in [0.3, 0.4) is 0 Å². The van der Waals surface area contributed by atoms with Gasteiger partial charge in [0.25, 0.3) is 0 Å². The molecule has 78 valence electrons. The molecule has 15 heavy (non-hydrogen) atoms. The van der Waals surface area contributed by atoms with Crippen molar-refractivity contribution in [2.75, 3.05) is 0 Å². The van der Waals surface area contributed by atoms with Crippen molar-refractivity contribution in [2.24, 2.45) is 16.5 Å². The molecule has 2 aromatic rings. The van der Waals surface area contributed by atoms with E-state index in [9.17, 15) is 0 Å². The second-order valence-corrected chi connectivity index (χ2v) is 3.39. The van der Waals surface area contributed by atoms with Gasteiger partial charge < -0.3 is 15.9 Å². The van der Waals surface area contributed by atoms with E-state index in [0.29, 0.717) is 6.54 Å². The lowest BCUT2D eigenvalue weighted by Crippen LogP contribution is -2.22. The van der Waals surface area contributed by atoms with Crippen LogP contribution in [0.4, 0.5) is 0 Å². The normalized spacial score (nSPS) is 10.5. The number of nitrogens with two attached hydrogens (primary N) is 2. The van der Waals surface area contributed by atoms with Gasteiger partial charge in [-0.25, -0.2) is 4.99 Å². The fourth-order valence-corrected chi connectivity index (χ4v) is 1.54. The van der Waals surface area contributed by atoms with Crippen molar-refractivity contribution in [3.8, 4) is 0 Å². The van der Waals surface area contributed by atoms with Crippen molar-refractivity contribution in [2.45, 2.75) is 13.5 Å². The number of guanidine groups is 1. The summed E-state index contributed by atoms with van der Waals surface area (Å²) in [5.41, 5.74) is 12.5. The smallest absolute Gasteiger partial charge is 0.186 e. The monoisotopic (exact) mass is 203 g/mol. The molecule has 4 nitrogen and oxygen atoms in total. The van der Waals surface area contributed by atoms with Crippen LogP contribution >= 0.6 is 0 Å². The Balaban J connectivity index is 2.44. The fourth-order valence-electron chi connectivity index (χ4n) is 1.54. The van der Waals surface area contributed by atoms with Crippen molar-refractivity contribution < 1.29 is 4.42 Å². The van der Waals surface area contributed by atoms with E-state index in [1.807, 2.05) is 31.2 Å². The zero-order valence-corrected chi connectivity index (χ0v) is 8.53. The molecule has 1 aromatic heterocycles. The molecular weight excluding hydrogens is 190 g/mol. The largest absolute Gasteiger partial charge is 0.459 e. The minimum Gasteiger partial charge on any atom is -0.459 e. The first-order valence-electron chi connectivity index (χ1n) is 4.71. The van der Waals surface area contributed by atoms with Crippen molar-refractivity contribution >= 4 is 16.9 Å². The Morgan fingerprint density at radius 3 is 2.73 bits per heavy atom. The van der Waals surface area contributed by atoms with Gasteiger partial charge in [0, 0.05) is 10.9 Å². The van der Waals surface area contributed by atoms with E-state index in [2.05, 4.69) is 4.99 Å². The van der Waals surface area contributed by atoms with E-state index in [1.165, 1.54) is 0 Å². The standard InChI is InChI=1S/C11H13N3O/c1-7-8-4-2-3-5-9(8)15-10(7)6-14-11(12)13/h2-5H,6H2,1H3,(H4,12,13,14). The number of aliphatic imine (C=N–C) groups is 1. The summed E-state index contributed by atoms with van der Waals surface area (Å²) in [5, 5.41) is 1.11. The molecule has 0 aliphatic heterocycles. The number of hydrogen-bond donors (Lipinski definition) is 2. The molecule has 0 aliphatic rings. The Morgan fingerprint density at radius 2 is 2.07 bits per heavy atom. The third-order valence-electron chi connectivity index (χ3n) is 2.35.